The zero-order chi connectivity index (χ0) is 13.2. The number of para-hydroxylation sites is 1. The van der Waals surface area contributed by atoms with Crippen LogP contribution < -0.4 is 10.1 Å². The number of carbonyl (C=O) groups is 1. The molecule has 2 heterocycles. The van der Waals surface area contributed by atoms with E-state index in [4.69, 9.17) is 4.74 Å². The summed E-state index contributed by atoms with van der Waals surface area (Å²) in [5.74, 6) is -0.0597. The minimum Gasteiger partial charge on any atom is -0.466 e. The maximum atomic E-state index is 12.0. The molecular weight excluding hydrogens is 246 g/mol. The number of fused-ring (bicyclic) bond motifs is 1. The first-order valence-electron chi connectivity index (χ1n) is 5.62. The monoisotopic (exact) mass is 257 g/mol. The zero-order valence-electron chi connectivity index (χ0n) is 10.1. The van der Waals surface area contributed by atoms with Gasteiger partial charge in [0, 0.05) is 10.9 Å². The number of carbonyl (C=O) groups excluding carboxylic acids is 1. The second-order valence-electron chi connectivity index (χ2n) is 3.90. The van der Waals surface area contributed by atoms with Crippen molar-refractivity contribution >= 4 is 22.8 Å². The highest BCUT2D eigenvalue weighted by molar-refractivity contribution is 6.05. The fraction of sp³-hybridized carbons (Fsp3) is 0.0833. The first-order chi connectivity index (χ1) is 9.26. The summed E-state index contributed by atoms with van der Waals surface area (Å²) in [5.41, 5.74) is 1.36. The number of nitrogens with one attached hydrogen (secondary N) is 3. The van der Waals surface area contributed by atoms with Gasteiger partial charge in [-0.1, -0.05) is 18.2 Å². The lowest BCUT2D eigenvalue weighted by Gasteiger charge is -1.97. The number of H-pyrrole nitrogens is 2. The van der Waals surface area contributed by atoms with E-state index in [0.29, 0.717) is 5.69 Å². The molecule has 0 aliphatic heterocycles. The first-order valence-corrected chi connectivity index (χ1v) is 5.62. The molecule has 0 unspecified atom stereocenters. The van der Waals surface area contributed by atoms with Crippen LogP contribution in [0.1, 0.15) is 10.5 Å². The molecular formula is C12H11N5O2. The number of rotatable bonds is 3. The Bertz CT molecular complexity index is 697. The zero-order valence-corrected chi connectivity index (χ0v) is 10.1. The van der Waals surface area contributed by atoms with Gasteiger partial charge in [0.05, 0.1) is 7.11 Å². The molecule has 0 spiro atoms. The summed E-state index contributed by atoms with van der Waals surface area (Å²) in [6.45, 7) is 0. The predicted molar refractivity (Wildman–Crippen MR) is 69.2 cm³/mol. The van der Waals surface area contributed by atoms with Crippen LogP contribution in [0.2, 0.25) is 0 Å². The van der Waals surface area contributed by atoms with E-state index < -0.39 is 0 Å². The number of methoxy groups -OCH3 is 1. The number of aromatic nitrogens is 4. The Morgan fingerprint density at radius 1 is 1.37 bits per heavy atom. The molecule has 19 heavy (non-hydrogen) atoms. The van der Waals surface area contributed by atoms with Crippen molar-refractivity contribution < 1.29 is 9.53 Å². The first kappa shape index (κ1) is 11.3. The Labute approximate surface area is 108 Å². The van der Waals surface area contributed by atoms with Gasteiger partial charge in [0.15, 0.2) is 0 Å². The highest BCUT2D eigenvalue weighted by atomic mass is 16.5. The van der Waals surface area contributed by atoms with Crippen LogP contribution in [0, 0.1) is 0 Å². The van der Waals surface area contributed by atoms with Crippen LogP contribution in [0.4, 0.5) is 5.95 Å². The van der Waals surface area contributed by atoms with E-state index >= 15 is 0 Å². The quantitative estimate of drug-likeness (QED) is 0.663. The Kier molecular flexibility index (Phi) is 2.64. The largest absolute Gasteiger partial charge is 0.466 e. The second kappa shape index (κ2) is 4.45. The lowest BCUT2D eigenvalue weighted by molar-refractivity contribution is 0.102. The van der Waals surface area contributed by atoms with Crippen LogP contribution in [-0.4, -0.2) is 33.2 Å². The van der Waals surface area contributed by atoms with E-state index in [1.54, 1.807) is 6.07 Å². The molecule has 0 bridgehead atoms. The van der Waals surface area contributed by atoms with E-state index in [1.165, 1.54) is 7.11 Å². The summed E-state index contributed by atoms with van der Waals surface area (Å²) in [5, 5.41) is 9.87. The van der Waals surface area contributed by atoms with Crippen molar-refractivity contribution in [2.24, 2.45) is 0 Å². The number of hydrogen-bond acceptors (Lipinski definition) is 4. The molecule has 3 aromatic rings. The molecule has 0 fully saturated rings. The molecule has 0 aliphatic rings. The lowest BCUT2D eigenvalue weighted by Crippen LogP contribution is -2.13. The molecule has 1 aromatic carbocycles. The van der Waals surface area contributed by atoms with Crippen molar-refractivity contribution in [3.63, 3.8) is 0 Å². The molecule has 2 aromatic heterocycles. The molecule has 1 amide bonds. The molecule has 7 nitrogen and oxygen atoms in total. The fourth-order valence-electron chi connectivity index (χ4n) is 1.76. The Morgan fingerprint density at radius 3 is 2.95 bits per heavy atom. The number of anilines is 1. The summed E-state index contributed by atoms with van der Waals surface area (Å²) in [4.78, 5) is 19.0. The van der Waals surface area contributed by atoms with Gasteiger partial charge in [-0.15, -0.1) is 5.10 Å². The third-order valence-corrected chi connectivity index (χ3v) is 2.65. The van der Waals surface area contributed by atoms with Crippen molar-refractivity contribution in [2.75, 3.05) is 12.4 Å². The van der Waals surface area contributed by atoms with Crippen molar-refractivity contribution in [2.45, 2.75) is 0 Å². The molecule has 3 rings (SSSR count). The van der Waals surface area contributed by atoms with Gasteiger partial charge in [0.25, 0.3) is 5.91 Å². The summed E-state index contributed by atoms with van der Waals surface area (Å²) in [6.07, 6.45) is 0. The van der Waals surface area contributed by atoms with Crippen molar-refractivity contribution in [1.29, 1.82) is 0 Å². The molecule has 0 saturated heterocycles. The maximum Gasteiger partial charge on any atom is 0.336 e. The van der Waals surface area contributed by atoms with Gasteiger partial charge >= 0.3 is 6.01 Å². The molecule has 96 valence electrons. The Morgan fingerprint density at radius 2 is 2.21 bits per heavy atom. The number of aromatic amines is 2. The summed E-state index contributed by atoms with van der Waals surface area (Å²) < 4.78 is 4.82. The maximum absolute atomic E-state index is 12.0. The number of hydrogen-bond donors (Lipinski definition) is 3. The Balaban J connectivity index is 1.83. The van der Waals surface area contributed by atoms with Gasteiger partial charge in [0.2, 0.25) is 5.95 Å². The number of ether oxygens (including phenoxy) is 1. The number of amides is 1. The van der Waals surface area contributed by atoms with Crippen LogP contribution in [0.15, 0.2) is 30.3 Å². The third-order valence-electron chi connectivity index (χ3n) is 2.65. The minimum absolute atomic E-state index is 0.173. The van der Waals surface area contributed by atoms with Crippen molar-refractivity contribution in [1.82, 2.24) is 20.2 Å². The van der Waals surface area contributed by atoms with Gasteiger partial charge in [-0.05, 0) is 12.1 Å². The van der Waals surface area contributed by atoms with E-state index in [1.807, 2.05) is 24.3 Å². The van der Waals surface area contributed by atoms with Gasteiger partial charge in [-0.25, -0.2) is 5.10 Å². The summed E-state index contributed by atoms with van der Waals surface area (Å²) in [6, 6.07) is 9.61. The lowest BCUT2D eigenvalue weighted by atomic mass is 10.2. The van der Waals surface area contributed by atoms with E-state index in [2.05, 4.69) is 25.5 Å². The van der Waals surface area contributed by atoms with Crippen LogP contribution in [0.3, 0.4) is 0 Å². The van der Waals surface area contributed by atoms with Crippen LogP contribution in [0.25, 0.3) is 10.9 Å². The standard InChI is InChI=1S/C12H11N5O2/c1-19-12-15-11(16-17-12)14-10(18)9-6-7-4-2-3-5-8(7)13-9/h2-6,13H,1H3,(H2,14,15,16,17,18). The van der Waals surface area contributed by atoms with Crippen molar-refractivity contribution in [3.05, 3.63) is 36.0 Å². The van der Waals surface area contributed by atoms with Gasteiger partial charge in [0.1, 0.15) is 5.69 Å². The van der Waals surface area contributed by atoms with Gasteiger partial charge < -0.3 is 9.72 Å². The molecule has 0 saturated carbocycles. The fourth-order valence-corrected chi connectivity index (χ4v) is 1.76. The topological polar surface area (TPSA) is 95.7 Å². The molecule has 3 N–H and O–H groups in total. The van der Waals surface area contributed by atoms with Crippen LogP contribution >= 0.6 is 0 Å². The van der Waals surface area contributed by atoms with E-state index in [-0.39, 0.29) is 17.9 Å². The second-order valence-corrected chi connectivity index (χ2v) is 3.90. The minimum atomic E-state index is -0.296. The number of nitrogens with zero attached hydrogens (tertiary/aromatic N) is 2. The molecule has 0 aliphatic carbocycles. The van der Waals surface area contributed by atoms with E-state index in [0.717, 1.165) is 10.9 Å². The highest BCUT2D eigenvalue weighted by Gasteiger charge is 2.12. The average molecular weight is 257 g/mol. The van der Waals surface area contributed by atoms with Gasteiger partial charge in [-0.3, -0.25) is 10.1 Å². The predicted octanol–water partition coefficient (Wildman–Crippen LogP) is 1.55. The SMILES string of the molecule is COc1n[nH]c(NC(=O)c2cc3ccccc3[nH]2)n1. The molecule has 7 heteroatoms. The van der Waals surface area contributed by atoms with Crippen molar-refractivity contribution in [3.8, 4) is 6.01 Å². The highest BCUT2D eigenvalue weighted by Crippen LogP contribution is 2.15. The summed E-state index contributed by atoms with van der Waals surface area (Å²) in [7, 11) is 1.45. The molecule has 0 radical (unpaired) electrons. The van der Waals surface area contributed by atoms with Crippen LogP contribution in [0.5, 0.6) is 6.01 Å². The normalized spacial score (nSPS) is 10.6. The third kappa shape index (κ3) is 2.13. The van der Waals surface area contributed by atoms with Gasteiger partial charge in [-0.2, -0.15) is 4.98 Å². The Hall–Kier alpha value is -2.83. The van der Waals surface area contributed by atoms with E-state index in [9.17, 15) is 4.79 Å². The smallest absolute Gasteiger partial charge is 0.336 e. The van der Waals surface area contributed by atoms with Crippen LogP contribution in [-0.2, 0) is 0 Å². The molecule has 0 atom stereocenters. The number of benzene rings is 1. The summed E-state index contributed by atoms with van der Waals surface area (Å²) >= 11 is 0. The average Bonchev–Trinajstić information content (AvgIpc) is 3.04.